The van der Waals surface area contributed by atoms with Crippen LogP contribution in [-0.2, 0) is 6.61 Å². The number of hydrogen-bond donors (Lipinski definition) is 1. The van der Waals surface area contributed by atoms with Crippen LogP contribution >= 0.6 is 0 Å². The number of benzene rings is 3. The molecule has 3 aromatic rings. The van der Waals surface area contributed by atoms with Crippen LogP contribution in [0.3, 0.4) is 0 Å². The van der Waals surface area contributed by atoms with Crippen LogP contribution in [-0.4, -0.2) is 11.7 Å². The first-order valence-corrected chi connectivity index (χ1v) is 8.72. The first-order chi connectivity index (χ1) is 13.0. The third-order valence-electron chi connectivity index (χ3n) is 4.14. The Kier molecular flexibility index (Phi) is 5.67. The third-order valence-corrected chi connectivity index (χ3v) is 4.14. The Bertz CT molecular complexity index is 979. The lowest BCUT2D eigenvalue weighted by atomic mass is 10.1. The summed E-state index contributed by atoms with van der Waals surface area (Å²) in [5.74, 6) is 0.183. The zero-order chi connectivity index (χ0) is 19.2. The number of ketones is 1. The predicted octanol–water partition coefficient (Wildman–Crippen LogP) is 5.03. The molecule has 0 radical (unpaired) electrons. The van der Waals surface area contributed by atoms with Crippen LogP contribution in [0.5, 0.6) is 5.75 Å². The summed E-state index contributed by atoms with van der Waals surface area (Å²) in [7, 11) is 0. The van der Waals surface area contributed by atoms with Crippen LogP contribution in [0.1, 0.15) is 38.8 Å². The number of amides is 1. The molecule has 4 nitrogen and oxygen atoms in total. The van der Waals surface area contributed by atoms with Gasteiger partial charge in [0.15, 0.2) is 5.78 Å². The average molecular weight is 359 g/mol. The summed E-state index contributed by atoms with van der Waals surface area (Å²) in [5.41, 5.74) is 3.77. The van der Waals surface area contributed by atoms with Crippen molar-refractivity contribution in [3.05, 3.63) is 95.1 Å². The molecule has 0 aliphatic carbocycles. The van der Waals surface area contributed by atoms with Crippen molar-refractivity contribution < 1.29 is 14.3 Å². The van der Waals surface area contributed by atoms with Crippen LogP contribution in [0.15, 0.2) is 72.8 Å². The number of Topliss-reactive ketones (excluding diaryl/α,β-unsaturated/α-hetero) is 1. The Morgan fingerprint density at radius 1 is 0.926 bits per heavy atom. The third kappa shape index (κ3) is 4.82. The number of anilines is 1. The van der Waals surface area contributed by atoms with Gasteiger partial charge in [0, 0.05) is 11.3 Å². The van der Waals surface area contributed by atoms with Gasteiger partial charge in [-0.05, 0) is 43.7 Å². The highest BCUT2D eigenvalue weighted by atomic mass is 16.5. The molecule has 136 valence electrons. The normalized spacial score (nSPS) is 10.3. The molecule has 4 heteroatoms. The molecule has 0 atom stereocenters. The second-order valence-electron chi connectivity index (χ2n) is 6.37. The van der Waals surface area contributed by atoms with Crippen molar-refractivity contribution in [2.24, 2.45) is 0 Å². The number of nitrogens with one attached hydrogen (secondary N) is 1. The molecule has 0 unspecified atom stereocenters. The van der Waals surface area contributed by atoms with Gasteiger partial charge < -0.3 is 10.1 Å². The molecule has 0 spiro atoms. The van der Waals surface area contributed by atoms with E-state index < -0.39 is 0 Å². The number of para-hydroxylation sites is 1. The highest BCUT2D eigenvalue weighted by molar-refractivity contribution is 6.06. The lowest BCUT2D eigenvalue weighted by Gasteiger charge is -2.12. The van der Waals surface area contributed by atoms with Gasteiger partial charge in [0.05, 0.1) is 5.56 Å². The largest absolute Gasteiger partial charge is 0.488 e. The smallest absolute Gasteiger partial charge is 0.259 e. The molecular weight excluding hydrogens is 338 g/mol. The number of ether oxygens (including phenoxy) is 1. The Morgan fingerprint density at radius 2 is 1.70 bits per heavy atom. The van der Waals surface area contributed by atoms with Crippen molar-refractivity contribution >= 4 is 17.4 Å². The van der Waals surface area contributed by atoms with Gasteiger partial charge in [0.2, 0.25) is 0 Å². The van der Waals surface area contributed by atoms with E-state index in [2.05, 4.69) is 11.4 Å². The van der Waals surface area contributed by atoms with Crippen molar-refractivity contribution in [3.8, 4) is 5.75 Å². The van der Waals surface area contributed by atoms with Crippen LogP contribution in [0, 0.1) is 6.92 Å². The van der Waals surface area contributed by atoms with Crippen molar-refractivity contribution in [2.75, 3.05) is 5.32 Å². The van der Waals surface area contributed by atoms with Gasteiger partial charge in [-0.25, -0.2) is 0 Å². The van der Waals surface area contributed by atoms with E-state index >= 15 is 0 Å². The minimum atomic E-state index is -0.282. The molecule has 0 aromatic heterocycles. The first kappa shape index (κ1) is 18.4. The summed E-state index contributed by atoms with van der Waals surface area (Å²) < 4.78 is 5.88. The fourth-order valence-electron chi connectivity index (χ4n) is 2.76. The molecular formula is C23H21NO3. The van der Waals surface area contributed by atoms with Gasteiger partial charge in [0.1, 0.15) is 12.4 Å². The Balaban J connectivity index is 1.75. The lowest BCUT2D eigenvalue weighted by molar-refractivity contribution is 0.100. The van der Waals surface area contributed by atoms with Crippen molar-refractivity contribution in [1.29, 1.82) is 0 Å². The lowest BCUT2D eigenvalue weighted by Crippen LogP contribution is -2.14. The zero-order valence-electron chi connectivity index (χ0n) is 15.4. The van der Waals surface area contributed by atoms with Crippen molar-refractivity contribution in [2.45, 2.75) is 20.5 Å². The first-order valence-electron chi connectivity index (χ1n) is 8.72. The molecule has 3 rings (SSSR count). The number of carbonyl (C=O) groups excluding carboxylic acids is 2. The molecule has 0 bridgehead atoms. The summed E-state index contributed by atoms with van der Waals surface area (Å²) in [4.78, 5) is 24.2. The minimum absolute atomic E-state index is 0.0482. The Hall–Kier alpha value is -3.40. The molecule has 0 heterocycles. The zero-order valence-corrected chi connectivity index (χ0v) is 15.4. The topological polar surface area (TPSA) is 55.4 Å². The van der Waals surface area contributed by atoms with Gasteiger partial charge in [-0.15, -0.1) is 0 Å². The Labute approximate surface area is 158 Å². The maximum atomic E-state index is 12.7. The van der Waals surface area contributed by atoms with Gasteiger partial charge in [-0.1, -0.05) is 54.1 Å². The maximum absolute atomic E-state index is 12.7. The standard InChI is InChI=1S/C23H21NO3/c1-16-7-5-8-18(13-16)15-27-22-12-4-3-11-21(22)23(26)24-20-10-6-9-19(14-20)17(2)25/h3-14H,15H2,1-2H3,(H,24,26). The molecule has 1 amide bonds. The fraction of sp³-hybridized carbons (Fsp3) is 0.130. The van der Waals surface area contributed by atoms with Crippen LogP contribution in [0.4, 0.5) is 5.69 Å². The number of aryl methyl sites for hydroxylation is 1. The Morgan fingerprint density at radius 3 is 2.48 bits per heavy atom. The summed E-state index contributed by atoms with van der Waals surface area (Å²) >= 11 is 0. The van der Waals surface area contributed by atoms with E-state index in [1.807, 2.05) is 31.2 Å². The van der Waals surface area contributed by atoms with Gasteiger partial charge >= 0.3 is 0 Å². The van der Waals surface area contributed by atoms with E-state index in [-0.39, 0.29) is 11.7 Å². The summed E-state index contributed by atoms with van der Waals surface area (Å²) in [6.45, 7) is 3.90. The fourth-order valence-corrected chi connectivity index (χ4v) is 2.76. The molecule has 27 heavy (non-hydrogen) atoms. The second-order valence-corrected chi connectivity index (χ2v) is 6.37. The SMILES string of the molecule is CC(=O)c1cccc(NC(=O)c2ccccc2OCc2cccc(C)c2)c1. The summed E-state index contributed by atoms with van der Waals surface area (Å²) in [6, 6.07) is 22.0. The van der Waals surface area contributed by atoms with Gasteiger partial charge in [-0.2, -0.15) is 0 Å². The van der Waals surface area contributed by atoms with E-state index in [1.54, 1.807) is 42.5 Å². The highest BCUT2D eigenvalue weighted by Crippen LogP contribution is 2.21. The van der Waals surface area contributed by atoms with E-state index in [0.29, 0.717) is 29.2 Å². The van der Waals surface area contributed by atoms with Crippen molar-refractivity contribution in [3.63, 3.8) is 0 Å². The van der Waals surface area contributed by atoms with Crippen molar-refractivity contribution in [1.82, 2.24) is 0 Å². The monoisotopic (exact) mass is 359 g/mol. The van der Waals surface area contributed by atoms with Crippen LogP contribution in [0.25, 0.3) is 0 Å². The molecule has 3 aromatic carbocycles. The predicted molar refractivity (Wildman–Crippen MR) is 106 cm³/mol. The molecule has 0 aliphatic rings. The van der Waals surface area contributed by atoms with E-state index in [0.717, 1.165) is 11.1 Å². The molecule has 0 saturated carbocycles. The number of hydrogen-bond acceptors (Lipinski definition) is 3. The molecule has 0 fully saturated rings. The number of rotatable bonds is 6. The second kappa shape index (κ2) is 8.32. The average Bonchev–Trinajstić information content (AvgIpc) is 2.67. The quantitative estimate of drug-likeness (QED) is 0.628. The maximum Gasteiger partial charge on any atom is 0.259 e. The summed E-state index contributed by atoms with van der Waals surface area (Å²) in [6.07, 6.45) is 0. The summed E-state index contributed by atoms with van der Waals surface area (Å²) in [5, 5.41) is 2.83. The number of carbonyl (C=O) groups is 2. The van der Waals surface area contributed by atoms with Crippen LogP contribution < -0.4 is 10.1 Å². The molecule has 0 saturated heterocycles. The highest BCUT2D eigenvalue weighted by Gasteiger charge is 2.13. The van der Waals surface area contributed by atoms with E-state index in [4.69, 9.17) is 4.74 Å². The van der Waals surface area contributed by atoms with Gasteiger partial charge in [0.25, 0.3) is 5.91 Å². The van der Waals surface area contributed by atoms with Crippen LogP contribution in [0.2, 0.25) is 0 Å². The van der Waals surface area contributed by atoms with E-state index in [1.165, 1.54) is 6.92 Å². The molecule has 1 N–H and O–H groups in total. The van der Waals surface area contributed by atoms with Gasteiger partial charge in [-0.3, -0.25) is 9.59 Å². The minimum Gasteiger partial charge on any atom is -0.488 e. The molecule has 0 aliphatic heterocycles. The van der Waals surface area contributed by atoms with E-state index in [9.17, 15) is 9.59 Å².